The average Bonchev–Trinajstić information content (AvgIpc) is 2.49. The highest BCUT2D eigenvalue weighted by Crippen LogP contribution is 2.28. The van der Waals surface area contributed by atoms with E-state index in [0.717, 1.165) is 23.6 Å². The van der Waals surface area contributed by atoms with Crippen molar-refractivity contribution in [3.8, 4) is 0 Å². The van der Waals surface area contributed by atoms with Crippen LogP contribution in [-0.2, 0) is 17.8 Å². The summed E-state index contributed by atoms with van der Waals surface area (Å²) in [5, 5.41) is 3.02. The number of anilines is 2. The molecule has 0 unspecified atom stereocenters. The summed E-state index contributed by atoms with van der Waals surface area (Å²) in [6, 6.07) is 9.91. The molecule has 2 heterocycles. The summed E-state index contributed by atoms with van der Waals surface area (Å²) in [5.41, 5.74) is 3.07. The number of carbonyl (C=O) groups is 1. The Morgan fingerprint density at radius 2 is 2.05 bits per heavy atom. The summed E-state index contributed by atoms with van der Waals surface area (Å²) < 4.78 is 0. The van der Waals surface area contributed by atoms with Crippen LogP contribution in [0.5, 0.6) is 0 Å². The van der Waals surface area contributed by atoms with Gasteiger partial charge >= 0.3 is 0 Å². The smallest absolute Gasteiger partial charge is 0.227 e. The van der Waals surface area contributed by atoms with Gasteiger partial charge in [0, 0.05) is 30.9 Å². The molecule has 0 bridgehead atoms. The van der Waals surface area contributed by atoms with Gasteiger partial charge < -0.3 is 10.2 Å². The standard InChI is InChI=1S/C16H18N4O/c1-11-9-14(17-2)19-15(18-11)10-20-13-6-4-3-5-12(13)7-8-16(20)21/h3-6,9H,7-8,10H2,1-2H3,(H,17,18,19). The average molecular weight is 282 g/mol. The van der Waals surface area contributed by atoms with Crippen LogP contribution in [0.4, 0.5) is 11.5 Å². The first-order chi connectivity index (χ1) is 10.2. The number of benzene rings is 1. The molecule has 5 nitrogen and oxygen atoms in total. The Labute approximate surface area is 124 Å². The van der Waals surface area contributed by atoms with Gasteiger partial charge in [-0.1, -0.05) is 18.2 Å². The number of carbonyl (C=O) groups excluding carboxylic acids is 1. The van der Waals surface area contributed by atoms with Crippen molar-refractivity contribution in [1.29, 1.82) is 0 Å². The van der Waals surface area contributed by atoms with Crippen LogP contribution in [0.1, 0.15) is 23.5 Å². The van der Waals surface area contributed by atoms with Crippen molar-refractivity contribution in [2.45, 2.75) is 26.3 Å². The van der Waals surface area contributed by atoms with Gasteiger partial charge in [0.1, 0.15) is 5.82 Å². The molecule has 0 radical (unpaired) electrons. The summed E-state index contributed by atoms with van der Waals surface area (Å²) in [5.74, 6) is 1.56. The van der Waals surface area contributed by atoms with Gasteiger partial charge in [-0.05, 0) is 25.0 Å². The molecule has 0 fully saturated rings. The normalized spacial score (nSPS) is 14.0. The van der Waals surface area contributed by atoms with Crippen molar-refractivity contribution in [1.82, 2.24) is 9.97 Å². The molecule has 3 rings (SSSR count). The number of nitrogens with zero attached hydrogens (tertiary/aromatic N) is 3. The second-order valence-electron chi connectivity index (χ2n) is 5.17. The molecule has 0 aliphatic carbocycles. The van der Waals surface area contributed by atoms with E-state index in [1.165, 1.54) is 5.56 Å². The van der Waals surface area contributed by atoms with Crippen molar-refractivity contribution in [3.05, 3.63) is 47.4 Å². The summed E-state index contributed by atoms with van der Waals surface area (Å²) >= 11 is 0. The van der Waals surface area contributed by atoms with Crippen LogP contribution in [-0.4, -0.2) is 22.9 Å². The maximum absolute atomic E-state index is 12.3. The quantitative estimate of drug-likeness (QED) is 0.938. The minimum atomic E-state index is 0.129. The Bertz CT molecular complexity index is 684. The molecule has 2 aromatic rings. The number of hydrogen-bond donors (Lipinski definition) is 1. The third kappa shape index (κ3) is 2.72. The van der Waals surface area contributed by atoms with E-state index < -0.39 is 0 Å². The molecule has 1 aromatic carbocycles. The van der Waals surface area contributed by atoms with E-state index in [9.17, 15) is 4.79 Å². The number of rotatable bonds is 3. The first-order valence-corrected chi connectivity index (χ1v) is 7.08. The maximum Gasteiger partial charge on any atom is 0.227 e. The SMILES string of the molecule is CNc1cc(C)nc(CN2C(=O)CCc3ccccc32)n1. The zero-order valence-corrected chi connectivity index (χ0v) is 12.3. The van der Waals surface area contributed by atoms with Crippen LogP contribution in [0.2, 0.25) is 0 Å². The molecule has 1 amide bonds. The number of hydrogen-bond acceptors (Lipinski definition) is 4. The lowest BCUT2D eigenvalue weighted by Crippen LogP contribution is -2.35. The molecular weight excluding hydrogens is 264 g/mol. The third-order valence-corrected chi connectivity index (χ3v) is 3.65. The van der Waals surface area contributed by atoms with E-state index in [1.807, 2.05) is 38.2 Å². The third-order valence-electron chi connectivity index (χ3n) is 3.65. The number of fused-ring (bicyclic) bond motifs is 1. The number of amides is 1. The Hall–Kier alpha value is -2.43. The van der Waals surface area contributed by atoms with Crippen LogP contribution >= 0.6 is 0 Å². The molecule has 1 aliphatic rings. The van der Waals surface area contributed by atoms with Crippen LogP contribution in [0.3, 0.4) is 0 Å². The number of aromatic nitrogens is 2. The van der Waals surface area contributed by atoms with Gasteiger partial charge in [-0.15, -0.1) is 0 Å². The molecule has 5 heteroatoms. The summed E-state index contributed by atoms with van der Waals surface area (Å²) in [7, 11) is 1.83. The fraction of sp³-hybridized carbons (Fsp3) is 0.312. The monoisotopic (exact) mass is 282 g/mol. The Morgan fingerprint density at radius 1 is 1.24 bits per heavy atom. The molecule has 0 saturated carbocycles. The molecule has 0 spiro atoms. The molecule has 1 aliphatic heterocycles. The van der Waals surface area contributed by atoms with Gasteiger partial charge in [0.25, 0.3) is 0 Å². The number of aryl methyl sites for hydroxylation is 2. The van der Waals surface area contributed by atoms with E-state index in [-0.39, 0.29) is 5.91 Å². The van der Waals surface area contributed by atoms with Gasteiger partial charge in [-0.3, -0.25) is 4.79 Å². The zero-order valence-electron chi connectivity index (χ0n) is 12.3. The second kappa shape index (κ2) is 5.52. The van der Waals surface area contributed by atoms with Gasteiger partial charge in [0.2, 0.25) is 5.91 Å². The van der Waals surface area contributed by atoms with Crippen molar-refractivity contribution >= 4 is 17.4 Å². The van der Waals surface area contributed by atoms with E-state index in [1.54, 1.807) is 4.90 Å². The lowest BCUT2D eigenvalue weighted by molar-refractivity contribution is -0.119. The highest BCUT2D eigenvalue weighted by molar-refractivity contribution is 5.96. The minimum Gasteiger partial charge on any atom is -0.373 e. The Morgan fingerprint density at radius 3 is 2.86 bits per heavy atom. The largest absolute Gasteiger partial charge is 0.373 e. The predicted octanol–water partition coefficient (Wildman–Crippen LogP) is 2.31. The Balaban J connectivity index is 1.94. The van der Waals surface area contributed by atoms with Crippen LogP contribution in [0.25, 0.3) is 0 Å². The van der Waals surface area contributed by atoms with Gasteiger partial charge in [-0.2, -0.15) is 0 Å². The topological polar surface area (TPSA) is 58.1 Å². The first-order valence-electron chi connectivity index (χ1n) is 7.08. The lowest BCUT2D eigenvalue weighted by atomic mass is 10.0. The minimum absolute atomic E-state index is 0.129. The molecule has 1 aromatic heterocycles. The molecule has 108 valence electrons. The van der Waals surface area contributed by atoms with Gasteiger partial charge in [0.15, 0.2) is 5.82 Å². The van der Waals surface area contributed by atoms with Gasteiger partial charge in [-0.25, -0.2) is 9.97 Å². The highest BCUT2D eigenvalue weighted by atomic mass is 16.2. The molecule has 0 atom stereocenters. The van der Waals surface area contributed by atoms with E-state index in [4.69, 9.17) is 0 Å². The Kier molecular flexibility index (Phi) is 3.56. The molecule has 1 N–H and O–H groups in total. The predicted molar refractivity (Wildman–Crippen MR) is 82.3 cm³/mol. The van der Waals surface area contributed by atoms with Crippen LogP contribution in [0.15, 0.2) is 30.3 Å². The fourth-order valence-corrected chi connectivity index (χ4v) is 2.64. The van der Waals surface area contributed by atoms with E-state index in [2.05, 4.69) is 21.4 Å². The highest BCUT2D eigenvalue weighted by Gasteiger charge is 2.24. The molecule has 21 heavy (non-hydrogen) atoms. The second-order valence-corrected chi connectivity index (χ2v) is 5.17. The van der Waals surface area contributed by atoms with Crippen LogP contribution < -0.4 is 10.2 Å². The number of nitrogens with one attached hydrogen (secondary N) is 1. The lowest BCUT2D eigenvalue weighted by Gasteiger charge is -2.28. The summed E-state index contributed by atoms with van der Waals surface area (Å²) in [6.45, 7) is 2.34. The number of para-hydroxylation sites is 1. The summed E-state index contributed by atoms with van der Waals surface area (Å²) in [4.78, 5) is 22.9. The van der Waals surface area contributed by atoms with Crippen LogP contribution in [0, 0.1) is 6.92 Å². The van der Waals surface area contributed by atoms with Crippen molar-refractivity contribution < 1.29 is 4.79 Å². The first kappa shape index (κ1) is 13.5. The van der Waals surface area contributed by atoms with Gasteiger partial charge in [0.05, 0.1) is 6.54 Å². The van der Waals surface area contributed by atoms with Crippen molar-refractivity contribution in [2.24, 2.45) is 0 Å². The van der Waals surface area contributed by atoms with Crippen molar-refractivity contribution in [3.63, 3.8) is 0 Å². The van der Waals surface area contributed by atoms with E-state index in [0.29, 0.717) is 18.8 Å². The summed E-state index contributed by atoms with van der Waals surface area (Å²) in [6.07, 6.45) is 1.35. The van der Waals surface area contributed by atoms with E-state index >= 15 is 0 Å². The molecule has 0 saturated heterocycles. The molecular formula is C16H18N4O. The zero-order chi connectivity index (χ0) is 14.8. The van der Waals surface area contributed by atoms with Crippen molar-refractivity contribution in [2.75, 3.05) is 17.3 Å². The fourth-order valence-electron chi connectivity index (χ4n) is 2.64. The maximum atomic E-state index is 12.3.